The number of hydrogen-bond acceptors (Lipinski definition) is 10. The second-order valence-electron chi connectivity index (χ2n) is 9.24. The highest BCUT2D eigenvalue weighted by molar-refractivity contribution is 5.80. The molecule has 1 atom stereocenters. The number of anilines is 2. The molecule has 2 aliphatic heterocycles. The molecule has 6 rings (SSSR count). The van der Waals surface area contributed by atoms with E-state index < -0.39 is 6.04 Å². The number of benzene rings is 1. The number of aromatic nitrogens is 5. The molecule has 40 heavy (non-hydrogen) atoms. The maximum absolute atomic E-state index is 13.2. The van der Waals surface area contributed by atoms with Crippen molar-refractivity contribution in [1.29, 1.82) is 0 Å². The molecule has 12 nitrogen and oxygen atoms in total. The number of pyridine rings is 1. The van der Waals surface area contributed by atoms with Gasteiger partial charge in [-0.1, -0.05) is 6.07 Å². The van der Waals surface area contributed by atoms with Gasteiger partial charge >= 0.3 is 0 Å². The molecule has 0 bridgehead atoms. The second-order valence-corrected chi connectivity index (χ2v) is 9.24. The zero-order chi connectivity index (χ0) is 27.3. The Hall–Kier alpha value is -5.22. The maximum Gasteiger partial charge on any atom is 0.236 e. The van der Waals surface area contributed by atoms with E-state index in [0.29, 0.717) is 49.3 Å². The van der Waals surface area contributed by atoms with Gasteiger partial charge in [-0.2, -0.15) is 4.98 Å². The van der Waals surface area contributed by atoms with Gasteiger partial charge in [0.1, 0.15) is 23.8 Å². The van der Waals surface area contributed by atoms with Crippen LogP contribution >= 0.6 is 0 Å². The first-order chi connectivity index (χ1) is 19.7. The SMILES string of the molecule is O=C=C1C(CC(=O)NCCc2ccc3c(c2)OCO3)N(c2cccnc2)CCN1c1ccnc(-n2ccnc2)n1. The quantitative estimate of drug-likeness (QED) is 0.333. The number of rotatable bonds is 8. The van der Waals surface area contributed by atoms with Crippen LogP contribution in [0, 0.1) is 0 Å². The van der Waals surface area contributed by atoms with Crippen molar-refractivity contribution in [2.75, 3.05) is 36.2 Å². The molecule has 1 saturated heterocycles. The molecular formula is C28H26N8O4. The third kappa shape index (κ3) is 5.20. The number of nitrogens with one attached hydrogen (secondary N) is 1. The Morgan fingerprint density at radius 1 is 1.07 bits per heavy atom. The summed E-state index contributed by atoms with van der Waals surface area (Å²) in [6.45, 7) is 1.65. The van der Waals surface area contributed by atoms with Crippen molar-refractivity contribution >= 4 is 23.4 Å². The van der Waals surface area contributed by atoms with Gasteiger partial charge in [-0.05, 0) is 42.3 Å². The number of carbonyl (C=O) groups excluding carboxylic acids is 2. The molecule has 0 radical (unpaired) electrons. The standard InChI is InChI=1S/C28H26N8O4/c37-17-23-22(15-27(38)31-8-5-20-3-4-24-25(14-20)40-19-39-24)35(21-2-1-7-29-16-21)12-13-36(23)26-6-9-32-28(33-26)34-11-10-30-18-34/h1-4,6-7,9-11,14,16,18,22H,5,8,12-13,15,19H2,(H,31,38). The topological polar surface area (TPSA) is 128 Å². The van der Waals surface area contributed by atoms with Gasteiger partial charge in [0.05, 0.1) is 24.3 Å². The number of amides is 1. The van der Waals surface area contributed by atoms with Gasteiger partial charge < -0.3 is 24.6 Å². The molecule has 0 saturated carbocycles. The molecule has 1 aromatic carbocycles. The number of nitrogens with zero attached hydrogens (tertiary/aromatic N) is 7. The van der Waals surface area contributed by atoms with Crippen LogP contribution in [0.25, 0.3) is 5.95 Å². The van der Waals surface area contributed by atoms with Crippen LogP contribution in [0.2, 0.25) is 0 Å². The first-order valence-electron chi connectivity index (χ1n) is 12.9. The van der Waals surface area contributed by atoms with Gasteiger partial charge in [-0.3, -0.25) is 14.3 Å². The minimum absolute atomic E-state index is 0.0522. The minimum atomic E-state index is -0.576. The summed E-state index contributed by atoms with van der Waals surface area (Å²) in [4.78, 5) is 46.7. The highest BCUT2D eigenvalue weighted by Crippen LogP contribution is 2.33. The fraction of sp³-hybridized carbons (Fsp3) is 0.250. The van der Waals surface area contributed by atoms with Crippen LogP contribution in [0.1, 0.15) is 12.0 Å². The Morgan fingerprint density at radius 3 is 2.83 bits per heavy atom. The van der Waals surface area contributed by atoms with E-state index in [4.69, 9.17) is 9.47 Å². The summed E-state index contributed by atoms with van der Waals surface area (Å²) in [5, 5.41) is 2.99. The average Bonchev–Trinajstić information content (AvgIpc) is 3.70. The number of fused-ring (bicyclic) bond motifs is 1. The van der Waals surface area contributed by atoms with E-state index in [1.807, 2.05) is 35.2 Å². The maximum atomic E-state index is 13.2. The molecule has 4 aromatic rings. The Labute approximate surface area is 229 Å². The Kier molecular flexibility index (Phi) is 7.06. The third-order valence-corrected chi connectivity index (χ3v) is 6.82. The van der Waals surface area contributed by atoms with Crippen LogP contribution in [0.4, 0.5) is 11.5 Å². The Morgan fingerprint density at radius 2 is 2.00 bits per heavy atom. The Bertz CT molecular complexity index is 1540. The fourth-order valence-electron chi connectivity index (χ4n) is 4.89. The van der Waals surface area contributed by atoms with Gasteiger partial charge in [0.25, 0.3) is 0 Å². The molecule has 5 heterocycles. The summed E-state index contributed by atoms with van der Waals surface area (Å²) in [6.07, 6.45) is 10.7. The lowest BCUT2D eigenvalue weighted by Gasteiger charge is -2.43. The zero-order valence-electron chi connectivity index (χ0n) is 21.5. The zero-order valence-corrected chi connectivity index (χ0v) is 21.5. The third-order valence-electron chi connectivity index (χ3n) is 6.82. The van der Waals surface area contributed by atoms with Crippen molar-refractivity contribution in [1.82, 2.24) is 29.8 Å². The molecule has 3 aromatic heterocycles. The summed E-state index contributed by atoms with van der Waals surface area (Å²) in [5.41, 5.74) is 2.16. The summed E-state index contributed by atoms with van der Waals surface area (Å²) in [7, 11) is 0. The number of hydrogen-bond donors (Lipinski definition) is 1. The van der Waals surface area contributed by atoms with E-state index >= 15 is 0 Å². The number of imidazole rings is 1. The molecule has 1 amide bonds. The van der Waals surface area contributed by atoms with Gasteiger partial charge in [0.15, 0.2) is 11.5 Å². The van der Waals surface area contributed by atoms with Crippen LogP contribution in [-0.4, -0.2) is 68.8 Å². The largest absolute Gasteiger partial charge is 0.454 e. The van der Waals surface area contributed by atoms with E-state index in [0.717, 1.165) is 17.0 Å². The first-order valence-corrected chi connectivity index (χ1v) is 12.9. The van der Waals surface area contributed by atoms with Crippen molar-refractivity contribution in [3.63, 3.8) is 0 Å². The number of carbonyl (C=O) groups is 1. The molecule has 1 N–H and O–H groups in total. The summed E-state index contributed by atoms with van der Waals surface area (Å²) in [5.74, 6) is 4.32. The van der Waals surface area contributed by atoms with Gasteiger partial charge in [-0.15, -0.1) is 0 Å². The highest BCUT2D eigenvalue weighted by Gasteiger charge is 2.36. The van der Waals surface area contributed by atoms with Gasteiger partial charge in [0, 0.05) is 44.4 Å². The van der Waals surface area contributed by atoms with E-state index in [2.05, 4.69) is 31.2 Å². The number of ether oxygens (including phenoxy) is 2. The van der Waals surface area contributed by atoms with Crippen LogP contribution in [0.3, 0.4) is 0 Å². The normalized spacial score (nSPS) is 16.1. The predicted octanol–water partition coefficient (Wildman–Crippen LogP) is 1.95. The lowest BCUT2D eigenvalue weighted by atomic mass is 10.0. The van der Waals surface area contributed by atoms with E-state index in [9.17, 15) is 9.59 Å². The van der Waals surface area contributed by atoms with E-state index in [-0.39, 0.29) is 19.1 Å². The molecule has 202 valence electrons. The average molecular weight is 539 g/mol. The molecular weight excluding hydrogens is 512 g/mol. The van der Waals surface area contributed by atoms with Crippen molar-refractivity contribution < 1.29 is 19.1 Å². The van der Waals surface area contributed by atoms with Crippen LogP contribution in [0.15, 0.2) is 79.4 Å². The van der Waals surface area contributed by atoms with Crippen molar-refractivity contribution in [2.24, 2.45) is 0 Å². The minimum Gasteiger partial charge on any atom is -0.454 e. The van der Waals surface area contributed by atoms with Crippen LogP contribution in [-0.2, 0) is 16.0 Å². The summed E-state index contributed by atoms with van der Waals surface area (Å²) >= 11 is 0. The molecule has 0 spiro atoms. The number of piperazine rings is 1. The van der Waals surface area contributed by atoms with Crippen LogP contribution < -0.4 is 24.6 Å². The van der Waals surface area contributed by atoms with Crippen LogP contribution in [0.5, 0.6) is 11.5 Å². The van der Waals surface area contributed by atoms with Gasteiger partial charge in [-0.25, -0.2) is 14.8 Å². The lowest BCUT2D eigenvalue weighted by molar-refractivity contribution is -0.121. The van der Waals surface area contributed by atoms with Crippen molar-refractivity contribution in [2.45, 2.75) is 18.9 Å². The lowest BCUT2D eigenvalue weighted by Crippen LogP contribution is -2.54. The second kappa shape index (κ2) is 11.3. The Balaban J connectivity index is 1.20. The van der Waals surface area contributed by atoms with E-state index in [1.54, 1.807) is 52.8 Å². The first kappa shape index (κ1) is 25.1. The monoisotopic (exact) mass is 538 g/mol. The molecule has 2 aliphatic rings. The summed E-state index contributed by atoms with van der Waals surface area (Å²) in [6, 6.07) is 10.6. The van der Waals surface area contributed by atoms with Crippen molar-refractivity contribution in [3.05, 3.63) is 85.0 Å². The van der Waals surface area contributed by atoms with Gasteiger partial charge in [0.2, 0.25) is 18.6 Å². The summed E-state index contributed by atoms with van der Waals surface area (Å²) < 4.78 is 12.5. The van der Waals surface area contributed by atoms with Crippen molar-refractivity contribution in [3.8, 4) is 17.4 Å². The highest BCUT2D eigenvalue weighted by atomic mass is 16.7. The molecule has 1 unspecified atom stereocenters. The fourth-order valence-corrected chi connectivity index (χ4v) is 4.89. The smallest absolute Gasteiger partial charge is 0.236 e. The molecule has 12 heteroatoms. The molecule has 1 fully saturated rings. The predicted molar refractivity (Wildman–Crippen MR) is 145 cm³/mol. The van der Waals surface area contributed by atoms with E-state index in [1.165, 1.54) is 0 Å². The molecule has 0 aliphatic carbocycles.